The second-order valence-corrected chi connectivity index (χ2v) is 14.0. The molecule has 0 spiro atoms. The number of fused-ring (bicyclic) bond motifs is 4. The second kappa shape index (κ2) is 8.38. The van der Waals surface area contributed by atoms with Gasteiger partial charge in [-0.2, -0.15) is 0 Å². The van der Waals surface area contributed by atoms with E-state index in [1.807, 2.05) is 0 Å². The summed E-state index contributed by atoms with van der Waals surface area (Å²) < 4.78 is 0. The zero-order valence-corrected chi connectivity index (χ0v) is 22.3. The van der Waals surface area contributed by atoms with Crippen LogP contribution in [0.2, 0.25) is 0 Å². The van der Waals surface area contributed by atoms with Gasteiger partial charge in [-0.3, -0.25) is 4.79 Å². The van der Waals surface area contributed by atoms with Gasteiger partial charge in [0.05, 0.1) is 11.5 Å². The largest absolute Gasteiger partial charge is 0.481 e. The Hall–Kier alpha value is -0.830. The van der Waals surface area contributed by atoms with Crippen LogP contribution in [0.4, 0.5) is 0 Å². The quantitative estimate of drug-likeness (QED) is 0.422. The molecule has 4 fully saturated rings. The maximum absolute atomic E-state index is 12.7. The van der Waals surface area contributed by atoms with Gasteiger partial charge in [0, 0.05) is 0 Å². The van der Waals surface area contributed by atoms with Crippen LogP contribution in [-0.2, 0) is 4.79 Å². The lowest BCUT2D eigenvalue weighted by Crippen LogP contribution is -2.59. The molecule has 4 rings (SSSR count). The van der Waals surface area contributed by atoms with E-state index in [2.05, 4.69) is 48.1 Å². The molecule has 0 amide bonds. The lowest BCUT2D eigenvalue weighted by atomic mass is 9.40. The summed E-state index contributed by atoms with van der Waals surface area (Å²) in [6.45, 7) is 18.5. The van der Waals surface area contributed by atoms with Crippen LogP contribution in [0.25, 0.3) is 0 Å². The second-order valence-electron chi connectivity index (χ2n) is 14.0. The maximum Gasteiger partial charge on any atom is 0.309 e. The highest BCUT2D eigenvalue weighted by molar-refractivity contribution is 5.75. The number of aliphatic hydroxyl groups excluding tert-OH is 1. The van der Waals surface area contributed by atoms with Gasteiger partial charge in [-0.25, -0.2) is 0 Å². The van der Waals surface area contributed by atoms with Crippen LogP contribution in [0.1, 0.15) is 112 Å². The first kappa shape index (κ1) is 25.3. The molecule has 4 aliphatic carbocycles. The van der Waals surface area contributed by atoms with Gasteiger partial charge in [-0.1, -0.05) is 53.2 Å². The minimum absolute atomic E-state index is 0.0259. The van der Waals surface area contributed by atoms with Crippen molar-refractivity contribution in [2.24, 2.45) is 51.2 Å². The molecule has 0 radical (unpaired) electrons. The number of rotatable bonds is 2. The predicted octanol–water partition coefficient (Wildman–Crippen LogP) is 7.48. The molecule has 0 aromatic rings. The van der Waals surface area contributed by atoms with Crippen LogP contribution in [-0.4, -0.2) is 22.3 Å². The molecular formula is C30H50O3. The van der Waals surface area contributed by atoms with Crippen LogP contribution in [0, 0.1) is 51.2 Å². The van der Waals surface area contributed by atoms with Gasteiger partial charge in [0.15, 0.2) is 0 Å². The van der Waals surface area contributed by atoms with Gasteiger partial charge >= 0.3 is 5.97 Å². The lowest BCUT2D eigenvalue weighted by Gasteiger charge is -2.65. The number of carboxylic acids is 1. The van der Waals surface area contributed by atoms with E-state index >= 15 is 0 Å². The lowest BCUT2D eigenvalue weighted by molar-refractivity contribution is -0.185. The highest BCUT2D eigenvalue weighted by Crippen LogP contribution is 2.68. The van der Waals surface area contributed by atoms with Crippen molar-refractivity contribution in [3.05, 3.63) is 12.2 Å². The van der Waals surface area contributed by atoms with Gasteiger partial charge in [-0.05, 0) is 117 Å². The van der Waals surface area contributed by atoms with Crippen molar-refractivity contribution < 1.29 is 15.0 Å². The summed E-state index contributed by atoms with van der Waals surface area (Å²) >= 11 is 0. The smallest absolute Gasteiger partial charge is 0.309 e. The van der Waals surface area contributed by atoms with E-state index in [-0.39, 0.29) is 28.3 Å². The molecule has 0 aliphatic heterocycles. The normalized spacial score (nSPS) is 49.9. The molecule has 188 valence electrons. The highest BCUT2D eigenvalue weighted by Gasteiger charge is 2.62. The summed E-state index contributed by atoms with van der Waals surface area (Å²) in [5.74, 6) is 1.78. The van der Waals surface area contributed by atoms with Crippen molar-refractivity contribution in [3.8, 4) is 0 Å². The Labute approximate surface area is 202 Å². The molecule has 4 aliphatic rings. The van der Waals surface area contributed by atoms with E-state index in [9.17, 15) is 15.0 Å². The minimum atomic E-state index is -0.556. The molecule has 3 nitrogen and oxygen atoms in total. The maximum atomic E-state index is 12.7. The van der Waals surface area contributed by atoms with Crippen molar-refractivity contribution in [2.75, 3.05) is 0 Å². The Morgan fingerprint density at radius 1 is 0.848 bits per heavy atom. The average molecular weight is 459 g/mol. The number of aliphatic hydroxyl groups is 1. The Balaban J connectivity index is 1.69. The first-order valence-electron chi connectivity index (χ1n) is 13.9. The van der Waals surface area contributed by atoms with Crippen LogP contribution < -0.4 is 0 Å². The molecule has 0 unspecified atom stereocenters. The summed E-state index contributed by atoms with van der Waals surface area (Å²) in [4.78, 5) is 12.7. The Morgan fingerprint density at radius 3 is 2.12 bits per heavy atom. The third-order valence-electron chi connectivity index (χ3n) is 12.4. The molecule has 4 saturated carbocycles. The number of carboxylic acid groups (broad SMARTS) is 1. The fraction of sp³-hybridized carbons (Fsp3) is 0.900. The van der Waals surface area contributed by atoms with Crippen molar-refractivity contribution in [1.29, 1.82) is 0 Å². The van der Waals surface area contributed by atoms with Crippen molar-refractivity contribution >= 4 is 5.97 Å². The van der Waals surface area contributed by atoms with Crippen molar-refractivity contribution in [3.63, 3.8) is 0 Å². The van der Waals surface area contributed by atoms with Gasteiger partial charge < -0.3 is 10.2 Å². The fourth-order valence-electron chi connectivity index (χ4n) is 10.1. The van der Waals surface area contributed by atoms with E-state index < -0.39 is 11.4 Å². The molecule has 9 atom stereocenters. The Morgan fingerprint density at radius 2 is 1.48 bits per heavy atom. The van der Waals surface area contributed by atoms with E-state index in [1.54, 1.807) is 0 Å². The van der Waals surface area contributed by atoms with Crippen LogP contribution in [0.5, 0.6) is 0 Å². The molecule has 3 heteroatoms. The van der Waals surface area contributed by atoms with Crippen LogP contribution in [0.3, 0.4) is 0 Å². The van der Waals surface area contributed by atoms with E-state index in [0.717, 1.165) is 51.4 Å². The molecular weight excluding hydrogens is 408 g/mol. The van der Waals surface area contributed by atoms with E-state index in [1.165, 1.54) is 24.8 Å². The number of hydrogen-bond donors (Lipinski definition) is 2. The van der Waals surface area contributed by atoms with Gasteiger partial charge in [-0.15, -0.1) is 0 Å². The summed E-state index contributed by atoms with van der Waals surface area (Å²) in [7, 11) is 0. The van der Waals surface area contributed by atoms with Gasteiger partial charge in [0.25, 0.3) is 0 Å². The molecule has 33 heavy (non-hydrogen) atoms. The summed E-state index contributed by atoms with van der Waals surface area (Å²) in [5.41, 5.74) is 1.12. The zero-order valence-electron chi connectivity index (χ0n) is 22.3. The number of carbonyl (C=O) groups is 1. The Bertz CT molecular complexity index is 785. The van der Waals surface area contributed by atoms with Crippen LogP contribution in [0.15, 0.2) is 12.2 Å². The third-order valence-corrected chi connectivity index (χ3v) is 12.4. The van der Waals surface area contributed by atoms with E-state index in [4.69, 9.17) is 0 Å². The molecule has 2 N–H and O–H groups in total. The molecule has 0 heterocycles. The first-order chi connectivity index (χ1) is 15.3. The standard InChI is InChI=1S/C30H50O3/c1-19(2)21-12-18-30(26(32)33)17-11-20(3)28(6)15-13-23-27(4,5)25(31)14-16-29(23,7)24(28)10-8-9-22(21)30/h20-25,31H,1,8-18H2,2-7H3,(H,32,33)/t20-,21+,22+,23+,24+,25+,28+,29+,30-/m1/s1. The number of allylic oxidation sites excluding steroid dienone is 1. The topological polar surface area (TPSA) is 57.5 Å². The molecule has 0 bridgehead atoms. The fourth-order valence-corrected chi connectivity index (χ4v) is 10.1. The average Bonchev–Trinajstić information content (AvgIpc) is 3.11. The van der Waals surface area contributed by atoms with E-state index in [0.29, 0.717) is 23.7 Å². The summed E-state index contributed by atoms with van der Waals surface area (Å²) in [6, 6.07) is 0. The highest BCUT2D eigenvalue weighted by atomic mass is 16.4. The molecule has 0 aromatic carbocycles. The minimum Gasteiger partial charge on any atom is -0.481 e. The molecule has 0 aromatic heterocycles. The van der Waals surface area contributed by atoms with Crippen molar-refractivity contribution in [2.45, 2.75) is 118 Å². The Kier molecular flexibility index (Phi) is 6.42. The third kappa shape index (κ3) is 3.66. The zero-order chi connectivity index (χ0) is 24.4. The number of hydrogen-bond acceptors (Lipinski definition) is 2. The summed E-state index contributed by atoms with van der Waals surface area (Å²) in [6.07, 6.45) is 11.3. The first-order valence-corrected chi connectivity index (χ1v) is 13.9. The monoisotopic (exact) mass is 458 g/mol. The predicted molar refractivity (Wildman–Crippen MR) is 135 cm³/mol. The van der Waals surface area contributed by atoms with Crippen molar-refractivity contribution in [1.82, 2.24) is 0 Å². The van der Waals surface area contributed by atoms with Crippen LogP contribution >= 0.6 is 0 Å². The number of aliphatic carboxylic acids is 1. The molecule has 0 saturated heterocycles. The van der Waals surface area contributed by atoms with Gasteiger partial charge in [0.2, 0.25) is 0 Å². The van der Waals surface area contributed by atoms with Gasteiger partial charge in [0.1, 0.15) is 0 Å². The summed E-state index contributed by atoms with van der Waals surface area (Å²) in [5, 5.41) is 21.4. The SMILES string of the molecule is C=C(C)[C@@H]1CC[C@]2(C(=O)O)CC[C@@H](C)[C@]3(C)CC[C@H]4C(C)(C)[C@@H](O)CC[C@]4(C)[C@H]3CCC[C@@H]12.